The number of unbranched alkanes of at least 4 members (excludes halogenated alkanes) is 2. The van der Waals surface area contributed by atoms with Gasteiger partial charge in [-0.3, -0.25) is 4.79 Å². The van der Waals surface area contributed by atoms with E-state index in [1.54, 1.807) is 63.3 Å². The van der Waals surface area contributed by atoms with Crippen LogP contribution in [0.1, 0.15) is 144 Å². The molecular formula is C67H69O3OsPS4+. The van der Waals surface area contributed by atoms with Gasteiger partial charge in [-0.2, -0.15) is 0 Å². The first-order valence-corrected chi connectivity index (χ1v) is 33.6. The van der Waals surface area contributed by atoms with Crippen molar-refractivity contribution in [1.29, 1.82) is 0 Å². The van der Waals surface area contributed by atoms with Crippen LogP contribution in [0.25, 0.3) is 31.7 Å². The Morgan fingerprint density at radius 2 is 1.08 bits per heavy atom. The van der Waals surface area contributed by atoms with Gasteiger partial charge in [-0.05, 0) is 49.8 Å². The molecule has 0 saturated carbocycles. The van der Waals surface area contributed by atoms with E-state index in [1.165, 1.54) is 39.9 Å². The van der Waals surface area contributed by atoms with Crippen LogP contribution in [0.15, 0.2) is 162 Å². The van der Waals surface area contributed by atoms with Gasteiger partial charge in [0.25, 0.3) is 0 Å². The fourth-order valence-electron chi connectivity index (χ4n) is 11.0. The maximum absolute atomic E-state index is 15.8. The molecule has 4 aromatic heterocycles. The summed E-state index contributed by atoms with van der Waals surface area (Å²) in [7, 11) is -2.53. The third kappa shape index (κ3) is 11.6. The molecule has 1 aliphatic carbocycles. The number of carbonyl (C=O) groups is 2. The summed E-state index contributed by atoms with van der Waals surface area (Å²) in [6, 6.07) is 41.6. The van der Waals surface area contributed by atoms with Gasteiger partial charge in [0, 0.05) is 20.2 Å². The molecule has 5 heterocycles. The van der Waals surface area contributed by atoms with E-state index in [1.807, 2.05) is 6.92 Å². The normalized spacial score (nSPS) is 16.0. The van der Waals surface area contributed by atoms with Gasteiger partial charge in [-0.25, -0.2) is 0 Å². The van der Waals surface area contributed by atoms with E-state index in [0.29, 0.717) is 47.3 Å². The van der Waals surface area contributed by atoms with Gasteiger partial charge >= 0.3 is 300 Å². The van der Waals surface area contributed by atoms with Gasteiger partial charge in [0.2, 0.25) is 0 Å². The zero-order chi connectivity index (χ0) is 53.2. The number of hydrogen-bond acceptors (Lipinski definition) is 7. The number of rotatable bonds is 22. The van der Waals surface area contributed by atoms with E-state index in [-0.39, 0.29) is 11.6 Å². The van der Waals surface area contributed by atoms with E-state index in [0.717, 1.165) is 101 Å². The van der Waals surface area contributed by atoms with Crippen molar-refractivity contribution >= 4 is 92.2 Å². The van der Waals surface area contributed by atoms with E-state index in [9.17, 15) is 0 Å². The topological polar surface area (TPSA) is 43.4 Å². The van der Waals surface area contributed by atoms with Crippen LogP contribution in [0.5, 0.6) is 0 Å². The van der Waals surface area contributed by atoms with Crippen LogP contribution in [0.2, 0.25) is 0 Å². The molecule has 2 unspecified atom stereocenters. The molecule has 2 aliphatic rings. The van der Waals surface area contributed by atoms with Crippen molar-refractivity contribution in [2.75, 3.05) is 13.2 Å². The van der Waals surface area contributed by atoms with Crippen LogP contribution in [0.4, 0.5) is 0 Å². The average Bonchev–Trinajstić information content (AvgIpc) is 4.41. The molecule has 0 N–H and O–H groups in total. The Labute approximate surface area is 478 Å². The summed E-state index contributed by atoms with van der Waals surface area (Å²) in [4.78, 5) is 39.8. The van der Waals surface area contributed by atoms with Gasteiger partial charge in [0.05, 0.1) is 0 Å². The zero-order valence-electron chi connectivity index (χ0n) is 44.7. The SMILES string of the molecule is CC=C1COCC1=CC(/C=C/c1ccc(-c2sc(-c3ccc(/C=C/C)s3)c3c2C(=O)c2c(CC(CC)CCCC)sc(CC(CC)CCCC)c2C3=O)s1)=C([C]#[Os])[P+](c1ccccc1)(c1ccccc1)c1ccccc1. The molecule has 3 aromatic carbocycles. The van der Waals surface area contributed by atoms with Gasteiger partial charge in [-0.1, -0.05) is 85.1 Å². The summed E-state index contributed by atoms with van der Waals surface area (Å²) in [5.41, 5.74) is 6.03. The molecule has 1 saturated heterocycles. The standard InChI is InChI=1S/C67H69O3PS4.Os/c1-8-14-26-46(11-4)40-58-60-61(59(74-58)41-47(12-5)27-15-9-2)65(69)63-62(64(60)68)66(56-38-36-54(72-56)25-10-3)75-67(63)57-39-37-55(73-57)35-34-49(42-50-44-70-43-48(50)13-6)45(7)71(51-28-19-16-20-29-51,52-30-21-17-22-31-52)53-32-23-18-24-33-53;/h10,13,16-25,28-39,42,46-47H,8-9,11-12,14-15,26-27,40-41,43-44H2,1-6H3;/q+1;/b25-10+,35-34+,48-13?,49-45?,50-42?;. The summed E-state index contributed by atoms with van der Waals surface area (Å²) >= 11 is 8.58. The Bertz CT molecular complexity index is 3270. The van der Waals surface area contributed by atoms with Crippen LogP contribution >= 0.6 is 52.6 Å². The first kappa shape index (κ1) is 56.0. The third-order valence-electron chi connectivity index (χ3n) is 15.1. The van der Waals surface area contributed by atoms with E-state index in [4.69, 9.17) is 4.74 Å². The Balaban J connectivity index is 1.22. The Morgan fingerprint density at radius 1 is 0.605 bits per heavy atom. The van der Waals surface area contributed by atoms with Crippen molar-refractivity contribution in [2.24, 2.45) is 11.8 Å². The fourth-order valence-corrected chi connectivity index (χ4v) is 21.7. The van der Waals surface area contributed by atoms with Crippen molar-refractivity contribution in [1.82, 2.24) is 0 Å². The molecule has 0 radical (unpaired) electrons. The summed E-state index contributed by atoms with van der Waals surface area (Å²) in [5.74, 6) is 0.997. The van der Waals surface area contributed by atoms with Crippen LogP contribution in [0, 0.1) is 16.2 Å². The minimum atomic E-state index is -2.53. The Morgan fingerprint density at radius 3 is 1.51 bits per heavy atom. The third-order valence-corrected chi connectivity index (χ3v) is 25.4. The average molecular weight is 1270 g/mol. The number of thiophene rings is 4. The molecular weight excluding hydrogens is 1200 g/mol. The molecule has 0 spiro atoms. The van der Waals surface area contributed by atoms with Crippen LogP contribution in [0.3, 0.4) is 0 Å². The number of hydrogen-bond donors (Lipinski definition) is 0. The molecule has 0 amide bonds. The maximum atomic E-state index is 15.8. The van der Waals surface area contributed by atoms with Crippen molar-refractivity contribution in [3.63, 3.8) is 0 Å². The summed E-state index contributed by atoms with van der Waals surface area (Å²) in [6.07, 6.45) is 23.9. The Kier molecular flexibility index (Phi) is 19.4. The van der Waals surface area contributed by atoms with Crippen LogP contribution in [-0.2, 0) is 35.5 Å². The first-order chi connectivity index (χ1) is 37.2. The molecule has 1 fully saturated rings. The first-order valence-electron chi connectivity index (χ1n) is 27.2. The molecule has 7 aromatic rings. The molecule has 1 aliphatic heterocycles. The second-order valence-electron chi connectivity index (χ2n) is 19.9. The molecule has 2 atom stereocenters. The van der Waals surface area contributed by atoms with Crippen LogP contribution in [-0.4, -0.2) is 24.8 Å². The van der Waals surface area contributed by atoms with Crippen molar-refractivity contribution in [2.45, 2.75) is 106 Å². The van der Waals surface area contributed by atoms with E-state index >= 15 is 9.59 Å². The summed E-state index contributed by atoms with van der Waals surface area (Å²) in [6.45, 7) is 14.3. The zero-order valence-corrected chi connectivity index (χ0v) is 51.4. The second kappa shape index (κ2) is 26.3. The Hall–Kier alpha value is -4.69. The fraction of sp³-hybridized carbons (Fsp3) is 0.299. The van der Waals surface area contributed by atoms with Crippen molar-refractivity contribution in [3.8, 4) is 23.9 Å². The summed E-state index contributed by atoms with van der Waals surface area (Å²) < 4.78 is 9.98. The predicted octanol–water partition coefficient (Wildman–Crippen LogP) is 18.3. The monoisotopic (exact) mass is 1270 g/mol. The number of benzene rings is 3. The summed E-state index contributed by atoms with van der Waals surface area (Å²) in [5, 5.41) is 4.94. The molecule has 0 bridgehead atoms. The van der Waals surface area contributed by atoms with Gasteiger partial charge in [0.1, 0.15) is 0 Å². The number of ether oxygens (including phenoxy) is 1. The van der Waals surface area contributed by atoms with Gasteiger partial charge in [0.15, 0.2) is 0 Å². The van der Waals surface area contributed by atoms with Gasteiger partial charge < -0.3 is 0 Å². The number of fused-ring (bicyclic) bond motifs is 2. The van der Waals surface area contributed by atoms with Gasteiger partial charge in [-0.15, -0.1) is 22.7 Å². The number of allylic oxidation sites excluding steroid dienone is 6. The van der Waals surface area contributed by atoms with Crippen LogP contribution < -0.4 is 15.9 Å². The molecule has 9 rings (SSSR count). The molecule has 3 nitrogen and oxygen atoms in total. The van der Waals surface area contributed by atoms with E-state index < -0.39 is 7.26 Å². The number of ketones is 2. The van der Waals surface area contributed by atoms with Crippen molar-refractivity contribution in [3.05, 3.63) is 203 Å². The predicted molar refractivity (Wildman–Crippen MR) is 329 cm³/mol. The second-order valence-corrected chi connectivity index (χ2v) is 28.3. The van der Waals surface area contributed by atoms with E-state index in [2.05, 4.69) is 191 Å². The quantitative estimate of drug-likeness (QED) is 0.0502. The molecule has 9 heteroatoms. The number of carbonyl (C=O) groups excluding carboxylic acids is 2. The molecule has 76 heavy (non-hydrogen) atoms. The molecule has 391 valence electrons. The minimum absolute atomic E-state index is 0.0280. The van der Waals surface area contributed by atoms with Crippen molar-refractivity contribution < 1.29 is 32.3 Å².